The van der Waals surface area contributed by atoms with Crippen LogP contribution in [0.25, 0.3) is 5.65 Å². The van der Waals surface area contributed by atoms with E-state index < -0.39 is 0 Å². The minimum absolute atomic E-state index is 0.0313. The van der Waals surface area contributed by atoms with Crippen molar-refractivity contribution in [1.29, 1.82) is 0 Å². The zero-order valence-corrected chi connectivity index (χ0v) is 13.1. The molecule has 23 heavy (non-hydrogen) atoms. The van der Waals surface area contributed by atoms with Crippen LogP contribution in [0.5, 0.6) is 0 Å². The third-order valence-electron chi connectivity index (χ3n) is 3.76. The molecule has 1 fully saturated rings. The second-order valence-corrected chi connectivity index (χ2v) is 5.43. The summed E-state index contributed by atoms with van der Waals surface area (Å²) >= 11 is 0. The first-order chi connectivity index (χ1) is 11.3. The van der Waals surface area contributed by atoms with E-state index in [0.717, 1.165) is 37.4 Å². The van der Waals surface area contributed by atoms with E-state index in [2.05, 4.69) is 26.9 Å². The summed E-state index contributed by atoms with van der Waals surface area (Å²) < 4.78 is 7.19. The molecule has 0 spiro atoms. The fourth-order valence-electron chi connectivity index (χ4n) is 2.59. The van der Waals surface area contributed by atoms with Crippen LogP contribution in [-0.4, -0.2) is 46.8 Å². The Morgan fingerprint density at radius 3 is 3.04 bits per heavy atom. The summed E-state index contributed by atoms with van der Waals surface area (Å²) in [4.78, 5) is 18.7. The van der Waals surface area contributed by atoms with Gasteiger partial charge in [-0.2, -0.15) is 9.61 Å². The van der Waals surface area contributed by atoms with E-state index in [4.69, 9.17) is 4.74 Å². The zero-order valence-electron chi connectivity index (χ0n) is 13.1. The number of unbranched alkanes of at least 4 members (excludes halogenated alkanes) is 1. The molecule has 7 nitrogen and oxygen atoms in total. The molecule has 7 heteroatoms. The molecular formula is C16H21N5O2. The Labute approximate surface area is 134 Å². The number of carbonyl (C=O) groups excluding carboxylic acids is 1. The van der Waals surface area contributed by atoms with Gasteiger partial charge in [-0.3, -0.25) is 4.79 Å². The van der Waals surface area contributed by atoms with E-state index in [0.29, 0.717) is 25.5 Å². The number of nitrogens with one attached hydrogen (secondary N) is 1. The predicted octanol–water partition coefficient (Wildman–Crippen LogP) is 1.86. The van der Waals surface area contributed by atoms with Crippen molar-refractivity contribution >= 4 is 23.2 Å². The Bertz CT molecular complexity index is 691. The average Bonchev–Trinajstić information content (AvgIpc) is 3.03. The number of aromatic nitrogens is 3. The molecule has 1 aliphatic rings. The smallest absolute Gasteiger partial charge is 0.225 e. The maximum absolute atomic E-state index is 12.0. The Morgan fingerprint density at radius 2 is 2.26 bits per heavy atom. The third kappa shape index (κ3) is 3.68. The number of morpholine rings is 1. The monoisotopic (exact) mass is 315 g/mol. The maximum atomic E-state index is 12.0. The molecule has 122 valence electrons. The van der Waals surface area contributed by atoms with Gasteiger partial charge in [-0.15, -0.1) is 6.58 Å². The number of hydrogen-bond donors (Lipinski definition) is 1. The molecule has 0 saturated carbocycles. The third-order valence-corrected chi connectivity index (χ3v) is 3.76. The number of fused-ring (bicyclic) bond motifs is 1. The lowest BCUT2D eigenvalue weighted by atomic mass is 10.2. The van der Waals surface area contributed by atoms with Gasteiger partial charge in [-0.05, 0) is 12.8 Å². The summed E-state index contributed by atoms with van der Waals surface area (Å²) in [7, 11) is 0. The summed E-state index contributed by atoms with van der Waals surface area (Å²) in [5.41, 5.74) is 0.718. The van der Waals surface area contributed by atoms with E-state index in [1.165, 1.54) is 0 Å². The van der Waals surface area contributed by atoms with Crippen LogP contribution in [0.1, 0.15) is 19.3 Å². The standard InChI is InChI=1S/C16H21N5O2/c1-2-3-4-5-15(22)19-13-12-16(20-8-10-23-11-9-20)21-14(18-13)6-7-17-21/h2,6-7,12H,1,3-5,8-11H2,(H,18,19,22). The lowest BCUT2D eigenvalue weighted by Gasteiger charge is -2.29. The molecule has 3 heterocycles. The zero-order chi connectivity index (χ0) is 16.1. The molecule has 0 radical (unpaired) electrons. The van der Waals surface area contributed by atoms with Crippen LogP contribution >= 0.6 is 0 Å². The van der Waals surface area contributed by atoms with Crippen LogP contribution in [0, 0.1) is 0 Å². The number of hydrogen-bond acceptors (Lipinski definition) is 5. The average molecular weight is 315 g/mol. The highest BCUT2D eigenvalue weighted by Gasteiger charge is 2.17. The van der Waals surface area contributed by atoms with Gasteiger partial charge in [0.15, 0.2) is 5.65 Å². The van der Waals surface area contributed by atoms with E-state index in [1.807, 2.05) is 18.2 Å². The molecule has 1 amide bonds. The van der Waals surface area contributed by atoms with Crippen molar-refractivity contribution in [3.63, 3.8) is 0 Å². The highest BCUT2D eigenvalue weighted by Crippen LogP contribution is 2.21. The van der Waals surface area contributed by atoms with Gasteiger partial charge in [0.1, 0.15) is 11.6 Å². The summed E-state index contributed by atoms with van der Waals surface area (Å²) in [5.74, 6) is 1.45. The molecule has 2 aromatic rings. The first-order valence-corrected chi connectivity index (χ1v) is 7.86. The van der Waals surface area contributed by atoms with Crippen LogP contribution in [0.2, 0.25) is 0 Å². The first-order valence-electron chi connectivity index (χ1n) is 7.86. The number of carbonyl (C=O) groups is 1. The fourth-order valence-corrected chi connectivity index (χ4v) is 2.59. The lowest BCUT2D eigenvalue weighted by Crippen LogP contribution is -2.37. The summed E-state index contributed by atoms with van der Waals surface area (Å²) in [6, 6.07) is 3.70. The Kier molecular flexibility index (Phi) is 4.87. The molecule has 1 aliphatic heterocycles. The van der Waals surface area contributed by atoms with E-state index >= 15 is 0 Å². The van der Waals surface area contributed by atoms with Crippen LogP contribution in [0.4, 0.5) is 11.6 Å². The molecule has 0 atom stereocenters. The van der Waals surface area contributed by atoms with Gasteiger partial charge in [0, 0.05) is 31.6 Å². The van der Waals surface area contributed by atoms with E-state index in [9.17, 15) is 4.79 Å². The van der Waals surface area contributed by atoms with Crippen LogP contribution in [0.15, 0.2) is 31.0 Å². The van der Waals surface area contributed by atoms with Gasteiger partial charge in [0.2, 0.25) is 5.91 Å². The van der Waals surface area contributed by atoms with Gasteiger partial charge in [-0.25, -0.2) is 4.98 Å². The molecule has 0 aliphatic carbocycles. The molecule has 0 unspecified atom stereocenters. The molecule has 3 rings (SSSR count). The predicted molar refractivity (Wildman–Crippen MR) is 88.7 cm³/mol. The van der Waals surface area contributed by atoms with Gasteiger partial charge in [0.25, 0.3) is 0 Å². The summed E-state index contributed by atoms with van der Waals surface area (Å²) in [6.45, 7) is 6.64. The SMILES string of the molecule is C=CCCCC(=O)Nc1cc(N2CCOCC2)n2nccc2n1. The Hall–Kier alpha value is -2.41. The molecule has 2 aromatic heterocycles. The van der Waals surface area contributed by atoms with Crippen molar-refractivity contribution in [3.05, 3.63) is 31.0 Å². The largest absolute Gasteiger partial charge is 0.378 e. The number of amides is 1. The van der Waals surface area contributed by atoms with Crippen molar-refractivity contribution in [3.8, 4) is 0 Å². The molecular weight excluding hydrogens is 294 g/mol. The molecule has 1 saturated heterocycles. The minimum Gasteiger partial charge on any atom is -0.378 e. The quantitative estimate of drug-likeness (QED) is 0.651. The number of anilines is 2. The Morgan fingerprint density at radius 1 is 1.43 bits per heavy atom. The topological polar surface area (TPSA) is 71.8 Å². The fraction of sp³-hybridized carbons (Fsp3) is 0.438. The molecule has 1 N–H and O–H groups in total. The van der Waals surface area contributed by atoms with Crippen LogP contribution in [-0.2, 0) is 9.53 Å². The highest BCUT2D eigenvalue weighted by atomic mass is 16.5. The van der Waals surface area contributed by atoms with Crippen LogP contribution in [0.3, 0.4) is 0 Å². The van der Waals surface area contributed by atoms with Crippen molar-refractivity contribution in [2.75, 3.05) is 36.5 Å². The number of rotatable bonds is 6. The Balaban J connectivity index is 1.80. The van der Waals surface area contributed by atoms with Gasteiger partial charge in [0.05, 0.1) is 19.4 Å². The van der Waals surface area contributed by atoms with Crippen molar-refractivity contribution < 1.29 is 9.53 Å². The second kappa shape index (κ2) is 7.23. The van der Waals surface area contributed by atoms with Gasteiger partial charge in [-0.1, -0.05) is 6.08 Å². The van der Waals surface area contributed by atoms with Crippen molar-refractivity contribution in [1.82, 2.24) is 14.6 Å². The van der Waals surface area contributed by atoms with Crippen molar-refractivity contribution in [2.45, 2.75) is 19.3 Å². The van der Waals surface area contributed by atoms with Gasteiger partial charge < -0.3 is 15.0 Å². The van der Waals surface area contributed by atoms with E-state index in [-0.39, 0.29) is 5.91 Å². The van der Waals surface area contributed by atoms with Crippen molar-refractivity contribution in [2.24, 2.45) is 0 Å². The maximum Gasteiger partial charge on any atom is 0.225 e. The molecule has 0 bridgehead atoms. The van der Waals surface area contributed by atoms with Gasteiger partial charge >= 0.3 is 0 Å². The summed E-state index contributed by atoms with van der Waals surface area (Å²) in [6.07, 6.45) is 5.62. The number of nitrogens with zero attached hydrogens (tertiary/aromatic N) is 4. The lowest BCUT2D eigenvalue weighted by molar-refractivity contribution is -0.116. The van der Waals surface area contributed by atoms with Crippen LogP contribution < -0.4 is 10.2 Å². The summed E-state index contributed by atoms with van der Waals surface area (Å²) in [5, 5.41) is 7.20. The highest BCUT2D eigenvalue weighted by molar-refractivity contribution is 5.90. The first kappa shape index (κ1) is 15.5. The van der Waals surface area contributed by atoms with E-state index in [1.54, 1.807) is 10.7 Å². The number of allylic oxidation sites excluding steroid dienone is 1. The normalized spacial score (nSPS) is 14.9. The second-order valence-electron chi connectivity index (χ2n) is 5.43. The minimum atomic E-state index is -0.0313. The number of ether oxygens (including phenoxy) is 1. The molecule has 0 aromatic carbocycles.